The number of rotatable bonds is 3. The van der Waals surface area contributed by atoms with Crippen LogP contribution in [0.3, 0.4) is 0 Å². The molecule has 1 atom stereocenters. The maximum absolute atomic E-state index is 12.9. The SMILES string of the molecule is OC(Cc1ccc(F)cc1Br)c1ccncc1. The molecule has 2 nitrogen and oxygen atoms in total. The van der Waals surface area contributed by atoms with E-state index in [2.05, 4.69) is 20.9 Å². The fourth-order valence-corrected chi connectivity index (χ4v) is 2.11. The van der Waals surface area contributed by atoms with Crippen molar-refractivity contribution in [3.8, 4) is 0 Å². The lowest BCUT2D eigenvalue weighted by atomic mass is 10.0. The number of hydrogen-bond acceptors (Lipinski definition) is 2. The van der Waals surface area contributed by atoms with Crippen LogP contribution in [-0.2, 0) is 6.42 Å². The van der Waals surface area contributed by atoms with Crippen LogP contribution in [0.5, 0.6) is 0 Å². The second-order valence-electron chi connectivity index (χ2n) is 3.74. The van der Waals surface area contributed by atoms with Crippen molar-refractivity contribution in [2.24, 2.45) is 0 Å². The molecule has 0 fully saturated rings. The Kier molecular flexibility index (Phi) is 3.86. The Bertz CT molecular complexity index is 504. The predicted molar refractivity (Wildman–Crippen MR) is 67.0 cm³/mol. The number of halogens is 2. The quantitative estimate of drug-likeness (QED) is 0.943. The minimum atomic E-state index is -0.611. The molecule has 0 aliphatic heterocycles. The summed E-state index contributed by atoms with van der Waals surface area (Å²) in [7, 11) is 0. The molecule has 0 amide bonds. The van der Waals surface area contributed by atoms with Crippen molar-refractivity contribution < 1.29 is 9.50 Å². The highest BCUT2D eigenvalue weighted by Crippen LogP contribution is 2.24. The fraction of sp³-hybridized carbons (Fsp3) is 0.154. The number of aliphatic hydroxyl groups is 1. The number of aliphatic hydroxyl groups excluding tert-OH is 1. The zero-order valence-corrected chi connectivity index (χ0v) is 10.6. The van der Waals surface area contributed by atoms with Crippen LogP contribution < -0.4 is 0 Å². The van der Waals surface area contributed by atoms with Crippen molar-refractivity contribution in [1.82, 2.24) is 4.98 Å². The zero-order valence-electron chi connectivity index (χ0n) is 8.98. The molecule has 0 bridgehead atoms. The number of aromatic nitrogens is 1. The summed E-state index contributed by atoms with van der Waals surface area (Å²) in [5.74, 6) is -0.293. The first-order valence-electron chi connectivity index (χ1n) is 5.19. The van der Waals surface area contributed by atoms with Gasteiger partial charge in [0.25, 0.3) is 0 Å². The van der Waals surface area contributed by atoms with Crippen LogP contribution in [-0.4, -0.2) is 10.1 Å². The van der Waals surface area contributed by atoms with E-state index >= 15 is 0 Å². The van der Waals surface area contributed by atoms with E-state index in [1.165, 1.54) is 12.1 Å². The molecule has 17 heavy (non-hydrogen) atoms. The van der Waals surface area contributed by atoms with Gasteiger partial charge in [0.15, 0.2) is 0 Å². The van der Waals surface area contributed by atoms with Crippen molar-refractivity contribution in [2.45, 2.75) is 12.5 Å². The Morgan fingerprint density at radius 2 is 1.94 bits per heavy atom. The van der Waals surface area contributed by atoms with Crippen LogP contribution >= 0.6 is 15.9 Å². The Hall–Kier alpha value is -1.26. The number of benzene rings is 1. The van der Waals surface area contributed by atoms with Crippen LogP contribution in [0, 0.1) is 5.82 Å². The van der Waals surface area contributed by atoms with Gasteiger partial charge in [0, 0.05) is 23.3 Å². The minimum absolute atomic E-state index is 0.293. The van der Waals surface area contributed by atoms with Crippen LogP contribution in [0.2, 0.25) is 0 Å². The van der Waals surface area contributed by atoms with Crippen molar-refractivity contribution in [2.75, 3.05) is 0 Å². The molecular weight excluding hydrogens is 285 g/mol. The first kappa shape index (κ1) is 12.2. The summed E-state index contributed by atoms with van der Waals surface area (Å²) < 4.78 is 13.6. The van der Waals surface area contributed by atoms with Crippen LogP contribution in [0.25, 0.3) is 0 Å². The molecule has 1 heterocycles. The Morgan fingerprint density at radius 3 is 2.59 bits per heavy atom. The van der Waals surface area contributed by atoms with E-state index in [1.807, 2.05) is 0 Å². The molecule has 1 unspecified atom stereocenters. The summed E-state index contributed by atoms with van der Waals surface area (Å²) in [6, 6.07) is 7.99. The van der Waals surface area contributed by atoms with Gasteiger partial charge in [-0.15, -0.1) is 0 Å². The van der Waals surface area contributed by atoms with Gasteiger partial charge in [-0.05, 0) is 35.4 Å². The molecule has 1 N–H and O–H groups in total. The van der Waals surface area contributed by atoms with Gasteiger partial charge in [0.2, 0.25) is 0 Å². The maximum atomic E-state index is 12.9. The van der Waals surface area contributed by atoms with Gasteiger partial charge in [-0.1, -0.05) is 22.0 Å². The highest BCUT2D eigenvalue weighted by molar-refractivity contribution is 9.10. The van der Waals surface area contributed by atoms with Gasteiger partial charge in [-0.2, -0.15) is 0 Å². The molecular formula is C13H11BrFNO. The molecule has 4 heteroatoms. The molecule has 88 valence electrons. The second-order valence-corrected chi connectivity index (χ2v) is 4.59. The van der Waals surface area contributed by atoms with Crippen molar-refractivity contribution in [3.05, 3.63) is 64.1 Å². The molecule has 0 radical (unpaired) electrons. The molecule has 1 aromatic heterocycles. The zero-order chi connectivity index (χ0) is 12.3. The normalized spacial score (nSPS) is 12.4. The lowest BCUT2D eigenvalue weighted by Gasteiger charge is -2.12. The van der Waals surface area contributed by atoms with Crippen molar-refractivity contribution in [1.29, 1.82) is 0 Å². The number of pyridine rings is 1. The standard InChI is InChI=1S/C13H11BrFNO/c14-12-8-11(15)2-1-10(12)7-13(17)9-3-5-16-6-4-9/h1-6,8,13,17H,7H2. The van der Waals surface area contributed by atoms with E-state index in [1.54, 1.807) is 30.6 Å². The topological polar surface area (TPSA) is 33.1 Å². The highest BCUT2D eigenvalue weighted by atomic mass is 79.9. The summed E-state index contributed by atoms with van der Waals surface area (Å²) in [5, 5.41) is 10.0. The van der Waals surface area contributed by atoms with E-state index in [4.69, 9.17) is 0 Å². The van der Waals surface area contributed by atoms with Gasteiger partial charge in [-0.3, -0.25) is 4.98 Å². The molecule has 0 aliphatic carbocycles. The third-order valence-electron chi connectivity index (χ3n) is 2.52. The molecule has 0 saturated heterocycles. The Morgan fingerprint density at radius 1 is 1.24 bits per heavy atom. The largest absolute Gasteiger partial charge is 0.388 e. The fourth-order valence-electron chi connectivity index (χ4n) is 1.60. The molecule has 2 rings (SSSR count). The Labute approximate surface area is 107 Å². The molecule has 0 aliphatic rings. The van der Waals surface area contributed by atoms with Gasteiger partial charge in [0.05, 0.1) is 6.10 Å². The summed E-state index contributed by atoms with van der Waals surface area (Å²) in [4.78, 5) is 3.89. The average molecular weight is 296 g/mol. The van der Waals surface area contributed by atoms with Gasteiger partial charge >= 0.3 is 0 Å². The summed E-state index contributed by atoms with van der Waals surface area (Å²) in [6.07, 6.45) is 3.10. The van der Waals surface area contributed by atoms with Crippen LogP contribution in [0.15, 0.2) is 47.2 Å². The maximum Gasteiger partial charge on any atom is 0.124 e. The molecule has 1 aromatic carbocycles. The minimum Gasteiger partial charge on any atom is -0.388 e. The number of hydrogen-bond donors (Lipinski definition) is 1. The van der Waals surface area contributed by atoms with Gasteiger partial charge in [-0.25, -0.2) is 4.39 Å². The lowest BCUT2D eigenvalue weighted by Crippen LogP contribution is -2.02. The van der Waals surface area contributed by atoms with Crippen molar-refractivity contribution >= 4 is 15.9 Å². The van der Waals surface area contributed by atoms with E-state index in [0.29, 0.717) is 10.9 Å². The van der Waals surface area contributed by atoms with E-state index < -0.39 is 6.10 Å². The van der Waals surface area contributed by atoms with Crippen LogP contribution in [0.4, 0.5) is 4.39 Å². The van der Waals surface area contributed by atoms with E-state index in [0.717, 1.165) is 11.1 Å². The van der Waals surface area contributed by atoms with E-state index in [-0.39, 0.29) is 5.82 Å². The summed E-state index contributed by atoms with van der Waals surface area (Å²) in [5.41, 5.74) is 1.67. The third-order valence-corrected chi connectivity index (χ3v) is 3.26. The van der Waals surface area contributed by atoms with Crippen LogP contribution in [0.1, 0.15) is 17.2 Å². The second kappa shape index (κ2) is 5.38. The van der Waals surface area contributed by atoms with Gasteiger partial charge in [0.1, 0.15) is 5.82 Å². The lowest BCUT2D eigenvalue weighted by molar-refractivity contribution is 0.178. The molecule has 0 spiro atoms. The first-order valence-corrected chi connectivity index (χ1v) is 5.98. The third kappa shape index (κ3) is 3.11. The first-order chi connectivity index (χ1) is 8.16. The summed E-state index contributed by atoms with van der Waals surface area (Å²) in [6.45, 7) is 0. The highest BCUT2D eigenvalue weighted by Gasteiger charge is 2.10. The monoisotopic (exact) mass is 295 g/mol. The smallest absolute Gasteiger partial charge is 0.124 e. The summed E-state index contributed by atoms with van der Waals surface area (Å²) >= 11 is 3.28. The predicted octanol–water partition coefficient (Wildman–Crippen LogP) is 3.26. The average Bonchev–Trinajstić information content (AvgIpc) is 2.34. The van der Waals surface area contributed by atoms with Crippen molar-refractivity contribution in [3.63, 3.8) is 0 Å². The van der Waals surface area contributed by atoms with E-state index in [9.17, 15) is 9.50 Å². The number of nitrogens with zero attached hydrogens (tertiary/aromatic N) is 1. The van der Waals surface area contributed by atoms with Gasteiger partial charge < -0.3 is 5.11 Å². The molecule has 0 saturated carbocycles. The Balaban J connectivity index is 2.16. The molecule has 2 aromatic rings.